The van der Waals surface area contributed by atoms with Gasteiger partial charge in [-0.25, -0.2) is 4.98 Å². The van der Waals surface area contributed by atoms with Crippen LogP contribution in [0.1, 0.15) is 12.0 Å². The standard InChI is InChI=1S/C22H19N3O3/c26-25(27)19-10-13-22-23-21(16-24(22)15-19)18-8-11-20(12-9-18)28-14-4-7-17-5-2-1-3-6-17/h1-3,5-6,8-13,15-16H,4,7,14H2. The zero-order valence-electron chi connectivity index (χ0n) is 15.2. The van der Waals surface area contributed by atoms with Gasteiger partial charge in [-0.05, 0) is 48.7 Å². The van der Waals surface area contributed by atoms with Gasteiger partial charge in [-0.1, -0.05) is 30.3 Å². The minimum absolute atomic E-state index is 0.0377. The largest absolute Gasteiger partial charge is 0.494 e. The summed E-state index contributed by atoms with van der Waals surface area (Å²) in [6.45, 7) is 0.659. The predicted octanol–water partition coefficient (Wildman–Crippen LogP) is 4.92. The smallest absolute Gasteiger partial charge is 0.286 e. The number of aryl methyl sites for hydroxylation is 1. The zero-order valence-corrected chi connectivity index (χ0v) is 15.2. The Bertz CT molecular complexity index is 1090. The summed E-state index contributed by atoms with van der Waals surface area (Å²) in [7, 11) is 0. The van der Waals surface area contributed by atoms with Gasteiger partial charge in [0.15, 0.2) is 0 Å². The highest BCUT2D eigenvalue weighted by Crippen LogP contribution is 2.23. The molecule has 28 heavy (non-hydrogen) atoms. The molecule has 2 aromatic carbocycles. The van der Waals surface area contributed by atoms with Crippen LogP contribution in [0.4, 0.5) is 5.69 Å². The van der Waals surface area contributed by atoms with Crippen LogP contribution in [0, 0.1) is 10.1 Å². The fourth-order valence-corrected chi connectivity index (χ4v) is 3.06. The van der Waals surface area contributed by atoms with Gasteiger partial charge in [0.1, 0.15) is 11.4 Å². The number of rotatable bonds is 7. The van der Waals surface area contributed by atoms with Gasteiger partial charge in [0.25, 0.3) is 5.69 Å². The number of imidazole rings is 1. The highest BCUT2D eigenvalue weighted by molar-refractivity contribution is 5.63. The average molecular weight is 373 g/mol. The van der Waals surface area contributed by atoms with Crippen molar-refractivity contribution < 1.29 is 9.66 Å². The third kappa shape index (κ3) is 4.01. The Kier molecular flexibility index (Phi) is 5.01. The van der Waals surface area contributed by atoms with Crippen molar-refractivity contribution in [3.05, 3.63) is 94.8 Å². The predicted molar refractivity (Wildman–Crippen MR) is 108 cm³/mol. The SMILES string of the molecule is O=[N+]([O-])c1ccc2nc(-c3ccc(OCCCc4ccccc4)cc3)cn2c1. The van der Waals surface area contributed by atoms with Crippen molar-refractivity contribution in [3.63, 3.8) is 0 Å². The summed E-state index contributed by atoms with van der Waals surface area (Å²) in [5.74, 6) is 0.816. The van der Waals surface area contributed by atoms with E-state index in [0.29, 0.717) is 12.3 Å². The van der Waals surface area contributed by atoms with E-state index in [-0.39, 0.29) is 5.69 Å². The first kappa shape index (κ1) is 17.7. The Balaban J connectivity index is 1.39. The molecule has 0 saturated carbocycles. The van der Waals surface area contributed by atoms with Crippen LogP contribution in [0.25, 0.3) is 16.9 Å². The molecule has 6 heteroatoms. The second-order valence-electron chi connectivity index (χ2n) is 6.50. The molecule has 4 rings (SSSR count). The monoisotopic (exact) mass is 373 g/mol. The number of hydrogen-bond donors (Lipinski definition) is 0. The number of benzene rings is 2. The maximum absolute atomic E-state index is 10.9. The number of ether oxygens (including phenoxy) is 1. The molecule has 2 aromatic heterocycles. The normalized spacial score (nSPS) is 10.9. The number of fused-ring (bicyclic) bond motifs is 1. The first-order chi connectivity index (χ1) is 13.7. The van der Waals surface area contributed by atoms with Crippen molar-refractivity contribution in [3.8, 4) is 17.0 Å². The van der Waals surface area contributed by atoms with Crippen LogP contribution in [-0.2, 0) is 6.42 Å². The van der Waals surface area contributed by atoms with Gasteiger partial charge in [-0.2, -0.15) is 0 Å². The van der Waals surface area contributed by atoms with Gasteiger partial charge in [0, 0.05) is 17.8 Å². The summed E-state index contributed by atoms with van der Waals surface area (Å²) in [6.07, 6.45) is 5.21. The molecular formula is C22H19N3O3. The number of nitro groups is 1. The van der Waals surface area contributed by atoms with Gasteiger partial charge in [0.2, 0.25) is 0 Å². The van der Waals surface area contributed by atoms with E-state index >= 15 is 0 Å². The second kappa shape index (κ2) is 7.92. The Morgan fingerprint density at radius 1 is 0.964 bits per heavy atom. The quantitative estimate of drug-likeness (QED) is 0.262. The van der Waals surface area contributed by atoms with E-state index in [1.807, 2.05) is 42.5 Å². The van der Waals surface area contributed by atoms with Crippen molar-refractivity contribution in [1.82, 2.24) is 9.38 Å². The topological polar surface area (TPSA) is 69.7 Å². The van der Waals surface area contributed by atoms with Crippen LogP contribution in [0.3, 0.4) is 0 Å². The maximum atomic E-state index is 10.9. The third-order valence-electron chi connectivity index (χ3n) is 4.52. The molecule has 0 unspecified atom stereocenters. The summed E-state index contributed by atoms with van der Waals surface area (Å²) in [4.78, 5) is 15.0. The molecule has 0 spiro atoms. The summed E-state index contributed by atoms with van der Waals surface area (Å²) in [5.41, 5.74) is 3.71. The molecule has 0 N–H and O–H groups in total. The molecule has 0 aliphatic rings. The lowest BCUT2D eigenvalue weighted by molar-refractivity contribution is -0.385. The van der Waals surface area contributed by atoms with Gasteiger partial charge >= 0.3 is 0 Å². The minimum Gasteiger partial charge on any atom is -0.494 e. The summed E-state index contributed by atoms with van der Waals surface area (Å²) < 4.78 is 7.49. The van der Waals surface area contributed by atoms with E-state index in [2.05, 4.69) is 17.1 Å². The van der Waals surface area contributed by atoms with Gasteiger partial charge in [-0.15, -0.1) is 0 Å². The van der Waals surface area contributed by atoms with Crippen LogP contribution in [-0.4, -0.2) is 20.9 Å². The van der Waals surface area contributed by atoms with E-state index in [1.165, 1.54) is 17.8 Å². The molecule has 0 atom stereocenters. The molecular weight excluding hydrogens is 354 g/mol. The van der Waals surface area contributed by atoms with Crippen molar-refractivity contribution >= 4 is 11.3 Å². The number of nitrogens with zero attached hydrogens (tertiary/aromatic N) is 3. The molecule has 0 aliphatic heterocycles. The fourth-order valence-electron chi connectivity index (χ4n) is 3.06. The van der Waals surface area contributed by atoms with E-state index < -0.39 is 4.92 Å². The van der Waals surface area contributed by atoms with Crippen LogP contribution in [0.15, 0.2) is 79.1 Å². The van der Waals surface area contributed by atoms with E-state index in [4.69, 9.17) is 4.74 Å². The van der Waals surface area contributed by atoms with Crippen molar-refractivity contribution in [2.24, 2.45) is 0 Å². The van der Waals surface area contributed by atoms with E-state index in [1.54, 1.807) is 16.7 Å². The Morgan fingerprint density at radius 2 is 1.75 bits per heavy atom. The molecule has 0 radical (unpaired) electrons. The molecule has 0 saturated heterocycles. The van der Waals surface area contributed by atoms with E-state index in [9.17, 15) is 10.1 Å². The second-order valence-corrected chi connectivity index (χ2v) is 6.50. The summed E-state index contributed by atoms with van der Waals surface area (Å²) >= 11 is 0. The molecule has 2 heterocycles. The molecule has 140 valence electrons. The molecule has 4 aromatic rings. The van der Waals surface area contributed by atoms with Crippen LogP contribution >= 0.6 is 0 Å². The fraction of sp³-hybridized carbons (Fsp3) is 0.136. The molecule has 6 nitrogen and oxygen atoms in total. The summed E-state index contributed by atoms with van der Waals surface area (Å²) in [6, 6.07) is 21.2. The number of pyridine rings is 1. The number of aromatic nitrogens is 2. The zero-order chi connectivity index (χ0) is 19.3. The highest BCUT2D eigenvalue weighted by atomic mass is 16.6. The molecule has 0 fully saturated rings. The lowest BCUT2D eigenvalue weighted by Crippen LogP contribution is -1.99. The summed E-state index contributed by atoms with van der Waals surface area (Å²) in [5, 5.41) is 10.9. The van der Waals surface area contributed by atoms with Crippen molar-refractivity contribution in [2.45, 2.75) is 12.8 Å². The lowest BCUT2D eigenvalue weighted by Gasteiger charge is -2.07. The van der Waals surface area contributed by atoms with Gasteiger partial charge in [-0.3, -0.25) is 14.5 Å². The van der Waals surface area contributed by atoms with Crippen molar-refractivity contribution in [2.75, 3.05) is 6.61 Å². The van der Waals surface area contributed by atoms with Gasteiger partial charge in [0.05, 0.1) is 23.4 Å². The van der Waals surface area contributed by atoms with Crippen LogP contribution in [0.2, 0.25) is 0 Å². The maximum Gasteiger partial charge on any atom is 0.286 e. The van der Waals surface area contributed by atoms with Crippen LogP contribution in [0.5, 0.6) is 5.75 Å². The Hall–Kier alpha value is -3.67. The molecule has 0 aliphatic carbocycles. The third-order valence-corrected chi connectivity index (χ3v) is 4.52. The Morgan fingerprint density at radius 3 is 2.50 bits per heavy atom. The molecule has 0 amide bonds. The first-order valence-corrected chi connectivity index (χ1v) is 9.09. The number of hydrogen-bond acceptors (Lipinski definition) is 4. The van der Waals surface area contributed by atoms with Crippen LogP contribution < -0.4 is 4.74 Å². The average Bonchev–Trinajstić information content (AvgIpc) is 3.16. The highest BCUT2D eigenvalue weighted by Gasteiger charge is 2.09. The van der Waals surface area contributed by atoms with Crippen molar-refractivity contribution in [1.29, 1.82) is 0 Å². The lowest BCUT2D eigenvalue weighted by atomic mass is 10.1. The van der Waals surface area contributed by atoms with Gasteiger partial charge < -0.3 is 4.74 Å². The Labute approximate surface area is 162 Å². The first-order valence-electron chi connectivity index (χ1n) is 9.09. The molecule has 0 bridgehead atoms. The van der Waals surface area contributed by atoms with E-state index in [0.717, 1.165) is 29.8 Å². The minimum atomic E-state index is -0.414.